The molecule has 2 aromatic heterocycles. The van der Waals surface area contributed by atoms with E-state index in [1.54, 1.807) is 12.3 Å². The minimum Gasteiger partial charge on any atom is -0.295 e. The van der Waals surface area contributed by atoms with Gasteiger partial charge in [-0.2, -0.15) is 0 Å². The van der Waals surface area contributed by atoms with Crippen LogP contribution in [0.1, 0.15) is 11.4 Å². The van der Waals surface area contributed by atoms with Crippen LogP contribution >= 0.6 is 0 Å². The smallest absolute Gasteiger partial charge is 0.146 e. The molecule has 25 heavy (non-hydrogen) atoms. The molecule has 0 bridgehead atoms. The van der Waals surface area contributed by atoms with Gasteiger partial charge in [-0.1, -0.05) is 24.3 Å². The third-order valence-corrected chi connectivity index (χ3v) is 4.80. The van der Waals surface area contributed by atoms with E-state index in [4.69, 9.17) is 0 Å². The molecule has 0 spiro atoms. The van der Waals surface area contributed by atoms with Crippen molar-refractivity contribution in [2.45, 2.75) is 13.1 Å². The van der Waals surface area contributed by atoms with Crippen molar-refractivity contribution in [3.63, 3.8) is 0 Å². The van der Waals surface area contributed by atoms with Crippen LogP contribution in [-0.2, 0) is 13.1 Å². The summed E-state index contributed by atoms with van der Waals surface area (Å²) in [6, 6.07) is 13.5. The molecule has 0 atom stereocenters. The average molecular weight is 336 g/mol. The Morgan fingerprint density at radius 1 is 0.760 bits per heavy atom. The van der Waals surface area contributed by atoms with E-state index in [1.165, 1.54) is 16.8 Å². The zero-order valence-corrected chi connectivity index (χ0v) is 14.1. The van der Waals surface area contributed by atoms with E-state index >= 15 is 0 Å². The number of hydrogen-bond acceptors (Lipinski definition) is 4. The van der Waals surface area contributed by atoms with Gasteiger partial charge < -0.3 is 0 Å². The highest BCUT2D eigenvalue weighted by Crippen LogP contribution is 2.19. The van der Waals surface area contributed by atoms with Crippen molar-refractivity contribution in [2.24, 2.45) is 0 Å². The van der Waals surface area contributed by atoms with E-state index in [0.717, 1.165) is 38.4 Å². The standard InChI is InChI=1S/C20H21FN4/c21-18-6-3-8-22-20(18)15-25-12-10-24(11-13-25)14-19-17-5-2-1-4-16(17)7-9-23-19/h1-9H,10-15H2. The molecule has 0 saturated carbocycles. The number of benzene rings is 1. The first-order valence-corrected chi connectivity index (χ1v) is 8.66. The molecular weight excluding hydrogens is 315 g/mol. The van der Waals surface area contributed by atoms with Crippen molar-refractivity contribution in [2.75, 3.05) is 26.2 Å². The van der Waals surface area contributed by atoms with E-state index in [1.807, 2.05) is 6.20 Å². The van der Waals surface area contributed by atoms with Gasteiger partial charge in [0, 0.05) is 57.0 Å². The van der Waals surface area contributed by atoms with E-state index in [9.17, 15) is 4.39 Å². The van der Waals surface area contributed by atoms with Crippen LogP contribution in [0, 0.1) is 5.82 Å². The van der Waals surface area contributed by atoms with Crippen molar-refractivity contribution in [1.29, 1.82) is 0 Å². The lowest BCUT2D eigenvalue weighted by atomic mass is 10.1. The topological polar surface area (TPSA) is 32.3 Å². The summed E-state index contributed by atoms with van der Waals surface area (Å²) >= 11 is 0. The highest BCUT2D eigenvalue weighted by atomic mass is 19.1. The molecule has 1 fully saturated rings. The molecule has 0 radical (unpaired) electrons. The number of hydrogen-bond donors (Lipinski definition) is 0. The van der Waals surface area contributed by atoms with Gasteiger partial charge >= 0.3 is 0 Å². The molecular formula is C20H21FN4. The summed E-state index contributed by atoms with van der Waals surface area (Å²) in [5.74, 6) is -0.218. The molecule has 0 aliphatic carbocycles. The van der Waals surface area contributed by atoms with Crippen molar-refractivity contribution in [1.82, 2.24) is 19.8 Å². The van der Waals surface area contributed by atoms with E-state index in [-0.39, 0.29) is 5.82 Å². The number of aromatic nitrogens is 2. The minimum absolute atomic E-state index is 0.218. The van der Waals surface area contributed by atoms with Gasteiger partial charge in [-0.3, -0.25) is 19.8 Å². The van der Waals surface area contributed by atoms with Crippen LogP contribution in [0.5, 0.6) is 0 Å². The van der Waals surface area contributed by atoms with Crippen molar-refractivity contribution in [3.8, 4) is 0 Å². The Morgan fingerprint density at radius 3 is 2.20 bits per heavy atom. The van der Waals surface area contributed by atoms with Gasteiger partial charge in [0.05, 0.1) is 11.4 Å². The molecule has 1 aromatic carbocycles. The molecule has 0 unspecified atom stereocenters. The second-order valence-electron chi connectivity index (χ2n) is 6.46. The van der Waals surface area contributed by atoms with E-state index < -0.39 is 0 Å². The summed E-state index contributed by atoms with van der Waals surface area (Å²) in [6.07, 6.45) is 3.54. The first kappa shape index (κ1) is 16.1. The summed E-state index contributed by atoms with van der Waals surface area (Å²) in [6.45, 7) is 5.18. The van der Waals surface area contributed by atoms with Gasteiger partial charge in [0.25, 0.3) is 0 Å². The summed E-state index contributed by atoms with van der Waals surface area (Å²) < 4.78 is 13.7. The summed E-state index contributed by atoms with van der Waals surface area (Å²) in [7, 11) is 0. The summed E-state index contributed by atoms with van der Waals surface area (Å²) in [4.78, 5) is 13.4. The second-order valence-corrected chi connectivity index (χ2v) is 6.46. The van der Waals surface area contributed by atoms with Gasteiger partial charge in [-0.15, -0.1) is 0 Å². The predicted molar refractivity (Wildman–Crippen MR) is 96.5 cm³/mol. The Morgan fingerprint density at radius 2 is 1.44 bits per heavy atom. The maximum absolute atomic E-state index is 13.7. The highest BCUT2D eigenvalue weighted by Gasteiger charge is 2.19. The number of piperazine rings is 1. The Labute approximate surface area is 146 Å². The maximum atomic E-state index is 13.7. The fourth-order valence-corrected chi connectivity index (χ4v) is 3.37. The second kappa shape index (κ2) is 7.25. The fraction of sp³-hybridized carbons (Fsp3) is 0.300. The van der Waals surface area contributed by atoms with Gasteiger partial charge in [-0.25, -0.2) is 4.39 Å². The van der Waals surface area contributed by atoms with Gasteiger partial charge in [0.1, 0.15) is 5.82 Å². The lowest BCUT2D eigenvalue weighted by molar-refractivity contribution is 0.119. The Hall–Kier alpha value is -2.37. The van der Waals surface area contributed by atoms with Gasteiger partial charge in [-0.05, 0) is 23.6 Å². The summed E-state index contributed by atoms with van der Waals surface area (Å²) in [5, 5.41) is 2.46. The average Bonchev–Trinajstić information content (AvgIpc) is 2.65. The molecule has 1 aliphatic heterocycles. The van der Waals surface area contributed by atoms with Crippen molar-refractivity contribution in [3.05, 3.63) is 72.1 Å². The number of fused-ring (bicyclic) bond motifs is 1. The number of nitrogens with zero attached hydrogens (tertiary/aromatic N) is 4. The van der Waals surface area contributed by atoms with Crippen molar-refractivity contribution >= 4 is 10.8 Å². The van der Waals surface area contributed by atoms with Crippen LogP contribution in [0.15, 0.2) is 54.9 Å². The van der Waals surface area contributed by atoms with Crippen LogP contribution in [0.2, 0.25) is 0 Å². The molecule has 0 N–H and O–H groups in total. The lowest BCUT2D eigenvalue weighted by Gasteiger charge is -2.34. The summed E-state index contributed by atoms with van der Waals surface area (Å²) in [5.41, 5.74) is 1.66. The SMILES string of the molecule is Fc1cccnc1CN1CCN(Cc2nccc3ccccc23)CC1. The highest BCUT2D eigenvalue weighted by molar-refractivity contribution is 5.84. The molecule has 1 saturated heterocycles. The molecule has 5 heteroatoms. The van der Waals surface area contributed by atoms with E-state index in [0.29, 0.717) is 12.2 Å². The molecule has 3 aromatic rings. The predicted octanol–water partition coefficient (Wildman–Crippen LogP) is 3.09. The first-order valence-electron chi connectivity index (χ1n) is 8.66. The number of halogens is 1. The van der Waals surface area contributed by atoms with Crippen LogP contribution < -0.4 is 0 Å². The maximum Gasteiger partial charge on any atom is 0.146 e. The molecule has 4 nitrogen and oxygen atoms in total. The van der Waals surface area contributed by atoms with Crippen LogP contribution in [0.25, 0.3) is 10.8 Å². The third-order valence-electron chi connectivity index (χ3n) is 4.80. The fourth-order valence-electron chi connectivity index (χ4n) is 3.37. The largest absolute Gasteiger partial charge is 0.295 e. The third kappa shape index (κ3) is 3.67. The zero-order valence-electron chi connectivity index (χ0n) is 14.1. The molecule has 1 aliphatic rings. The van der Waals surface area contributed by atoms with Crippen LogP contribution in [0.3, 0.4) is 0 Å². The molecule has 4 rings (SSSR count). The number of pyridine rings is 2. The van der Waals surface area contributed by atoms with Crippen molar-refractivity contribution < 1.29 is 4.39 Å². The Kier molecular flexibility index (Phi) is 4.68. The number of rotatable bonds is 4. The van der Waals surface area contributed by atoms with E-state index in [2.05, 4.69) is 50.1 Å². The molecule has 3 heterocycles. The molecule has 0 amide bonds. The monoisotopic (exact) mass is 336 g/mol. The minimum atomic E-state index is -0.218. The lowest BCUT2D eigenvalue weighted by Crippen LogP contribution is -2.45. The quantitative estimate of drug-likeness (QED) is 0.733. The van der Waals surface area contributed by atoms with Crippen LogP contribution in [0.4, 0.5) is 4.39 Å². The first-order chi connectivity index (χ1) is 12.3. The molecule has 128 valence electrons. The van der Waals surface area contributed by atoms with Gasteiger partial charge in [0.2, 0.25) is 0 Å². The van der Waals surface area contributed by atoms with Crippen LogP contribution in [-0.4, -0.2) is 45.9 Å². The van der Waals surface area contributed by atoms with Gasteiger partial charge in [0.15, 0.2) is 0 Å². The normalized spacial score (nSPS) is 16.4. The Balaban J connectivity index is 1.38. The Bertz CT molecular complexity index is 854. The zero-order chi connectivity index (χ0) is 17.1.